The van der Waals surface area contributed by atoms with Crippen molar-refractivity contribution in [2.45, 2.75) is 72.8 Å². The topological polar surface area (TPSA) is 46.5 Å². The van der Waals surface area contributed by atoms with E-state index in [0.29, 0.717) is 12.5 Å². The normalized spacial score (nSPS) is 33.9. The van der Waals surface area contributed by atoms with E-state index in [9.17, 15) is 9.90 Å². The monoisotopic (exact) mass is 320 g/mol. The highest BCUT2D eigenvalue weighted by molar-refractivity contribution is 5.75. The van der Waals surface area contributed by atoms with Crippen LogP contribution in [-0.4, -0.2) is 23.8 Å². The van der Waals surface area contributed by atoms with Gasteiger partial charge in [0.1, 0.15) is 6.61 Å². The summed E-state index contributed by atoms with van der Waals surface area (Å²) in [4.78, 5) is 11.9. The van der Waals surface area contributed by atoms with E-state index in [1.165, 1.54) is 11.1 Å². The molecule has 3 heteroatoms. The van der Waals surface area contributed by atoms with Gasteiger partial charge in [0.05, 0.1) is 11.5 Å². The van der Waals surface area contributed by atoms with Gasteiger partial charge in [0.25, 0.3) is 0 Å². The van der Waals surface area contributed by atoms with Crippen molar-refractivity contribution in [3.8, 4) is 0 Å². The summed E-state index contributed by atoms with van der Waals surface area (Å²) in [5.74, 6) is 0.193. The second-order valence-corrected chi connectivity index (χ2v) is 8.69. The van der Waals surface area contributed by atoms with Crippen molar-refractivity contribution in [3.63, 3.8) is 0 Å². The largest absolute Gasteiger partial charge is 0.461 e. The van der Waals surface area contributed by atoms with Gasteiger partial charge < -0.3 is 9.84 Å². The molecule has 2 fully saturated rings. The van der Waals surface area contributed by atoms with Crippen molar-refractivity contribution < 1.29 is 14.6 Å². The molecule has 0 aromatic carbocycles. The maximum atomic E-state index is 11.9. The van der Waals surface area contributed by atoms with E-state index in [4.69, 9.17) is 4.74 Å². The first-order valence-corrected chi connectivity index (χ1v) is 8.76. The molecule has 0 amide bonds. The Labute approximate surface area is 140 Å². The molecule has 130 valence electrons. The van der Waals surface area contributed by atoms with Crippen LogP contribution in [0.1, 0.15) is 66.7 Å². The summed E-state index contributed by atoms with van der Waals surface area (Å²) in [5.41, 5.74) is 3.32. The quantitative estimate of drug-likeness (QED) is 0.605. The maximum absolute atomic E-state index is 11.9. The van der Waals surface area contributed by atoms with E-state index in [2.05, 4.69) is 20.4 Å². The Balaban J connectivity index is 2.07. The first-order valence-electron chi connectivity index (χ1n) is 8.76. The van der Waals surface area contributed by atoms with Crippen LogP contribution in [0.25, 0.3) is 0 Å². The van der Waals surface area contributed by atoms with Crippen molar-refractivity contribution >= 4 is 5.97 Å². The first kappa shape index (κ1) is 18.3. The van der Waals surface area contributed by atoms with E-state index in [0.717, 1.165) is 37.7 Å². The zero-order valence-electron chi connectivity index (χ0n) is 15.4. The van der Waals surface area contributed by atoms with E-state index >= 15 is 0 Å². The molecule has 2 aliphatic carbocycles. The minimum atomic E-state index is -0.460. The van der Waals surface area contributed by atoms with Crippen LogP contribution in [0, 0.1) is 16.7 Å². The predicted molar refractivity (Wildman–Crippen MR) is 92.9 cm³/mol. The van der Waals surface area contributed by atoms with Crippen LogP contribution < -0.4 is 0 Å². The van der Waals surface area contributed by atoms with Crippen molar-refractivity contribution in [2.24, 2.45) is 16.7 Å². The highest BCUT2D eigenvalue weighted by atomic mass is 16.5. The minimum Gasteiger partial charge on any atom is -0.461 e. The second kappa shape index (κ2) is 6.43. The third-order valence-electron chi connectivity index (χ3n) is 5.84. The van der Waals surface area contributed by atoms with Gasteiger partial charge in [0.15, 0.2) is 0 Å². The number of esters is 1. The number of aliphatic hydroxyl groups excluding tert-OH is 1. The Morgan fingerprint density at radius 1 is 1.39 bits per heavy atom. The average molecular weight is 320 g/mol. The molecule has 0 radical (unpaired) electrons. The molecular formula is C20H32O3. The van der Waals surface area contributed by atoms with Gasteiger partial charge in [-0.25, -0.2) is 0 Å². The fourth-order valence-electron chi connectivity index (χ4n) is 3.89. The number of hydrogen-bond donors (Lipinski definition) is 1. The zero-order valence-corrected chi connectivity index (χ0v) is 15.4. The van der Waals surface area contributed by atoms with Crippen molar-refractivity contribution in [2.75, 3.05) is 6.61 Å². The third-order valence-corrected chi connectivity index (χ3v) is 5.84. The fourth-order valence-corrected chi connectivity index (χ4v) is 3.89. The summed E-state index contributed by atoms with van der Waals surface area (Å²) in [6.07, 6.45) is 4.46. The Bertz CT molecular complexity index is 523. The number of hydrogen-bond acceptors (Lipinski definition) is 3. The number of carbonyl (C=O) groups excluding carboxylic acids is 1. The molecule has 23 heavy (non-hydrogen) atoms. The van der Waals surface area contributed by atoms with Crippen LogP contribution in [0.3, 0.4) is 0 Å². The number of carbonyl (C=O) groups is 1. The number of rotatable bonds is 2. The molecular weight excluding hydrogens is 288 g/mol. The van der Waals surface area contributed by atoms with Gasteiger partial charge in [-0.15, -0.1) is 0 Å². The number of ether oxygens (including phenoxy) is 1. The Kier molecular flexibility index (Phi) is 5.10. The van der Waals surface area contributed by atoms with Gasteiger partial charge in [-0.2, -0.15) is 0 Å². The van der Waals surface area contributed by atoms with E-state index in [1.807, 2.05) is 20.8 Å². The van der Waals surface area contributed by atoms with Gasteiger partial charge in [-0.1, -0.05) is 24.6 Å². The van der Waals surface area contributed by atoms with Gasteiger partial charge in [0.2, 0.25) is 0 Å². The molecule has 0 saturated heterocycles. The van der Waals surface area contributed by atoms with Crippen LogP contribution in [0.15, 0.2) is 23.3 Å². The molecule has 0 aromatic heterocycles. The fraction of sp³-hybridized carbons (Fsp3) is 0.750. The minimum absolute atomic E-state index is 0.0405. The first-order chi connectivity index (χ1) is 10.6. The van der Waals surface area contributed by atoms with Crippen LogP contribution in [0.2, 0.25) is 0 Å². The van der Waals surface area contributed by atoms with Crippen molar-refractivity contribution in [1.82, 2.24) is 0 Å². The summed E-state index contributed by atoms with van der Waals surface area (Å²) in [6, 6.07) is 0. The SMILES string of the molecule is C=C1CC[C@@H](O)[C@]2(C)CC/C(=C(/C)COC(=O)C(C)(C)C)C[C@@H]12. The Morgan fingerprint density at radius 3 is 2.65 bits per heavy atom. The average Bonchev–Trinajstić information content (AvgIpc) is 2.47. The number of allylic oxidation sites excluding steroid dienone is 2. The summed E-state index contributed by atoms with van der Waals surface area (Å²) < 4.78 is 5.46. The maximum Gasteiger partial charge on any atom is 0.311 e. The lowest BCUT2D eigenvalue weighted by Gasteiger charge is -2.50. The van der Waals surface area contributed by atoms with Crippen LogP contribution >= 0.6 is 0 Å². The third kappa shape index (κ3) is 3.71. The van der Waals surface area contributed by atoms with Crippen LogP contribution in [0.4, 0.5) is 0 Å². The molecule has 1 N–H and O–H groups in total. The molecule has 0 bridgehead atoms. The van der Waals surface area contributed by atoms with Gasteiger partial charge in [-0.05, 0) is 71.3 Å². The Hall–Kier alpha value is -1.09. The molecule has 0 aliphatic heterocycles. The zero-order chi connectivity index (χ0) is 17.4. The lowest BCUT2D eigenvalue weighted by molar-refractivity contribution is -0.151. The molecule has 2 aliphatic rings. The Morgan fingerprint density at radius 2 is 2.04 bits per heavy atom. The van der Waals surface area contributed by atoms with Crippen LogP contribution in [-0.2, 0) is 9.53 Å². The molecule has 3 atom stereocenters. The lowest BCUT2D eigenvalue weighted by Crippen LogP contribution is -2.46. The van der Waals surface area contributed by atoms with E-state index < -0.39 is 5.41 Å². The van der Waals surface area contributed by atoms with Crippen molar-refractivity contribution in [1.29, 1.82) is 0 Å². The summed E-state index contributed by atoms with van der Waals surface area (Å²) in [7, 11) is 0. The molecule has 0 aromatic rings. The molecule has 0 heterocycles. The smallest absolute Gasteiger partial charge is 0.311 e. The lowest BCUT2D eigenvalue weighted by atomic mass is 9.56. The molecule has 2 saturated carbocycles. The predicted octanol–water partition coefficient (Wildman–Crippen LogP) is 4.41. The molecule has 0 spiro atoms. The van der Waals surface area contributed by atoms with Crippen LogP contribution in [0.5, 0.6) is 0 Å². The van der Waals surface area contributed by atoms with Crippen molar-refractivity contribution in [3.05, 3.63) is 23.3 Å². The highest BCUT2D eigenvalue weighted by Crippen LogP contribution is 2.53. The number of fused-ring (bicyclic) bond motifs is 1. The van der Waals surface area contributed by atoms with Gasteiger partial charge >= 0.3 is 5.97 Å². The van der Waals surface area contributed by atoms with Gasteiger partial charge in [0, 0.05) is 5.41 Å². The van der Waals surface area contributed by atoms with E-state index in [-0.39, 0.29) is 17.5 Å². The highest BCUT2D eigenvalue weighted by Gasteiger charge is 2.47. The summed E-state index contributed by atoms with van der Waals surface area (Å²) in [5, 5.41) is 10.4. The summed E-state index contributed by atoms with van der Waals surface area (Å²) >= 11 is 0. The molecule has 0 unspecified atom stereocenters. The van der Waals surface area contributed by atoms with E-state index in [1.54, 1.807) is 0 Å². The second-order valence-electron chi connectivity index (χ2n) is 8.69. The molecule has 3 nitrogen and oxygen atoms in total. The molecule has 2 rings (SSSR count). The summed E-state index contributed by atoms with van der Waals surface area (Å²) in [6.45, 7) is 14.5. The standard InChI is InChI=1S/C20H32O3/c1-13-7-8-17(21)20(6)10-9-15(11-16(13)20)14(2)12-23-18(22)19(3,4)5/h16-17,21H,1,7-12H2,2-6H3/b15-14+/t16-,17+,20+/m0/s1. The number of aliphatic hydroxyl groups is 1. The van der Waals surface area contributed by atoms with Gasteiger partial charge in [-0.3, -0.25) is 4.79 Å².